The van der Waals surface area contributed by atoms with Gasteiger partial charge in [0.15, 0.2) is 11.6 Å². The molecule has 0 radical (unpaired) electrons. The van der Waals surface area contributed by atoms with Crippen molar-refractivity contribution >= 4 is 11.4 Å². The molecule has 0 aliphatic rings. The van der Waals surface area contributed by atoms with Crippen LogP contribution in [0.25, 0.3) is 0 Å². The Morgan fingerprint density at radius 1 is 1.20 bits per heavy atom. The van der Waals surface area contributed by atoms with Gasteiger partial charge in [-0.25, -0.2) is 8.78 Å². The molecule has 0 aliphatic carbocycles. The summed E-state index contributed by atoms with van der Waals surface area (Å²) in [6.07, 6.45) is 0. The van der Waals surface area contributed by atoms with Gasteiger partial charge in [0, 0.05) is 18.7 Å². The third-order valence-corrected chi connectivity index (χ3v) is 2.78. The molecule has 0 saturated heterocycles. The second-order valence-electron chi connectivity index (χ2n) is 4.29. The molecular formula is C15H16F2N2O. The molecule has 0 aromatic heterocycles. The van der Waals surface area contributed by atoms with E-state index in [4.69, 9.17) is 10.5 Å². The average molecular weight is 278 g/mol. The minimum absolute atomic E-state index is 0.142. The molecule has 0 heterocycles. The highest BCUT2D eigenvalue weighted by atomic mass is 19.1. The zero-order valence-corrected chi connectivity index (χ0v) is 11.1. The quantitative estimate of drug-likeness (QED) is 0.822. The molecule has 0 spiro atoms. The number of rotatable bonds is 5. The number of hydrogen-bond donors (Lipinski definition) is 2. The molecule has 0 unspecified atom stereocenters. The Morgan fingerprint density at radius 3 is 2.70 bits per heavy atom. The van der Waals surface area contributed by atoms with Crippen molar-refractivity contribution in [3.05, 3.63) is 53.6 Å². The number of ether oxygens (including phenoxy) is 1. The fraction of sp³-hybridized carbons (Fsp3) is 0.200. The Bertz CT molecular complexity index is 602. The van der Waals surface area contributed by atoms with E-state index in [1.165, 1.54) is 24.3 Å². The van der Waals surface area contributed by atoms with E-state index in [2.05, 4.69) is 5.32 Å². The van der Waals surface area contributed by atoms with Crippen molar-refractivity contribution in [3.8, 4) is 5.75 Å². The Morgan fingerprint density at radius 2 is 2.00 bits per heavy atom. The summed E-state index contributed by atoms with van der Waals surface area (Å²) in [6.45, 7) is 2.53. The topological polar surface area (TPSA) is 47.3 Å². The van der Waals surface area contributed by atoms with Crippen LogP contribution in [0.2, 0.25) is 0 Å². The van der Waals surface area contributed by atoms with Gasteiger partial charge in [-0.15, -0.1) is 0 Å². The van der Waals surface area contributed by atoms with Crippen molar-refractivity contribution in [2.75, 3.05) is 17.7 Å². The van der Waals surface area contributed by atoms with Gasteiger partial charge in [-0.3, -0.25) is 0 Å². The van der Waals surface area contributed by atoms with Crippen molar-refractivity contribution in [3.63, 3.8) is 0 Å². The van der Waals surface area contributed by atoms with Gasteiger partial charge in [0.05, 0.1) is 18.0 Å². The maximum Gasteiger partial charge on any atom is 0.167 e. The van der Waals surface area contributed by atoms with Crippen LogP contribution in [0.15, 0.2) is 36.4 Å². The average Bonchev–Trinajstić information content (AvgIpc) is 2.41. The lowest BCUT2D eigenvalue weighted by atomic mass is 10.2. The highest BCUT2D eigenvalue weighted by molar-refractivity contribution is 5.68. The minimum atomic E-state index is -0.499. The van der Waals surface area contributed by atoms with Gasteiger partial charge >= 0.3 is 0 Å². The molecule has 0 saturated carbocycles. The molecule has 20 heavy (non-hydrogen) atoms. The van der Waals surface area contributed by atoms with Gasteiger partial charge in [0.1, 0.15) is 5.82 Å². The molecule has 3 nitrogen and oxygen atoms in total. The van der Waals surface area contributed by atoms with E-state index in [1.54, 1.807) is 19.1 Å². The van der Waals surface area contributed by atoms with Crippen molar-refractivity contribution < 1.29 is 13.5 Å². The monoisotopic (exact) mass is 278 g/mol. The number of hydrogen-bond acceptors (Lipinski definition) is 3. The largest absolute Gasteiger partial charge is 0.491 e. The van der Waals surface area contributed by atoms with Crippen molar-refractivity contribution in [2.24, 2.45) is 0 Å². The van der Waals surface area contributed by atoms with Gasteiger partial charge in [-0.2, -0.15) is 0 Å². The fourth-order valence-corrected chi connectivity index (χ4v) is 1.83. The molecule has 2 aromatic carbocycles. The molecule has 0 bridgehead atoms. The number of halogens is 2. The van der Waals surface area contributed by atoms with E-state index in [0.717, 1.165) is 5.56 Å². The predicted molar refractivity (Wildman–Crippen MR) is 75.7 cm³/mol. The molecule has 0 aliphatic heterocycles. The van der Waals surface area contributed by atoms with Crippen LogP contribution in [0, 0.1) is 11.6 Å². The first-order valence-electron chi connectivity index (χ1n) is 6.30. The van der Waals surface area contributed by atoms with E-state index in [9.17, 15) is 8.78 Å². The first kappa shape index (κ1) is 14.1. The van der Waals surface area contributed by atoms with Gasteiger partial charge in [-0.05, 0) is 24.6 Å². The zero-order chi connectivity index (χ0) is 14.5. The summed E-state index contributed by atoms with van der Waals surface area (Å²) in [4.78, 5) is 0. The lowest BCUT2D eigenvalue weighted by Crippen LogP contribution is -2.05. The second kappa shape index (κ2) is 6.23. The Kier molecular flexibility index (Phi) is 4.40. The first-order valence-corrected chi connectivity index (χ1v) is 6.30. The lowest BCUT2D eigenvalue weighted by Gasteiger charge is -2.12. The molecule has 106 valence electrons. The van der Waals surface area contributed by atoms with Crippen LogP contribution in [0.4, 0.5) is 20.2 Å². The van der Waals surface area contributed by atoms with Gasteiger partial charge in [-0.1, -0.05) is 12.1 Å². The fourth-order valence-electron chi connectivity index (χ4n) is 1.83. The summed E-state index contributed by atoms with van der Waals surface area (Å²) in [5.41, 5.74) is 7.35. The van der Waals surface area contributed by atoms with Crippen LogP contribution in [0.5, 0.6) is 5.75 Å². The molecule has 0 atom stereocenters. The number of nitrogen functional groups attached to an aromatic ring is 1. The van der Waals surface area contributed by atoms with Gasteiger partial charge < -0.3 is 15.8 Å². The first-order chi connectivity index (χ1) is 9.60. The smallest absolute Gasteiger partial charge is 0.167 e. The van der Waals surface area contributed by atoms with Crippen LogP contribution in [-0.2, 0) is 6.54 Å². The van der Waals surface area contributed by atoms with Crippen LogP contribution in [0.3, 0.4) is 0 Å². The summed E-state index contributed by atoms with van der Waals surface area (Å²) < 4.78 is 31.8. The molecule has 5 heteroatoms. The summed E-state index contributed by atoms with van der Waals surface area (Å²) in [5, 5.41) is 3.04. The highest BCUT2D eigenvalue weighted by Crippen LogP contribution is 2.28. The highest BCUT2D eigenvalue weighted by Gasteiger charge is 2.08. The maximum atomic E-state index is 13.6. The maximum absolute atomic E-state index is 13.6. The second-order valence-corrected chi connectivity index (χ2v) is 4.29. The van der Waals surface area contributed by atoms with E-state index < -0.39 is 5.82 Å². The lowest BCUT2D eigenvalue weighted by molar-refractivity contribution is 0.322. The van der Waals surface area contributed by atoms with Crippen LogP contribution in [-0.4, -0.2) is 6.61 Å². The molecule has 2 rings (SSSR count). The standard InChI is InChI=1S/C15H16F2N2O/c1-2-20-15-8-14(13(18)7-12(15)17)19-9-10-4-3-5-11(16)6-10/h3-8,19H,2,9,18H2,1H3. The number of nitrogens with two attached hydrogens (primary N) is 1. The number of benzene rings is 2. The molecule has 0 fully saturated rings. The van der Waals surface area contributed by atoms with Gasteiger partial charge in [0.25, 0.3) is 0 Å². The van der Waals surface area contributed by atoms with Crippen LogP contribution in [0.1, 0.15) is 12.5 Å². The Balaban J connectivity index is 2.14. The van der Waals surface area contributed by atoms with Gasteiger partial charge in [0.2, 0.25) is 0 Å². The van der Waals surface area contributed by atoms with E-state index in [-0.39, 0.29) is 17.3 Å². The predicted octanol–water partition coefficient (Wildman–Crippen LogP) is 3.56. The molecule has 3 N–H and O–H groups in total. The SMILES string of the molecule is CCOc1cc(NCc2cccc(F)c2)c(N)cc1F. The normalized spacial score (nSPS) is 10.3. The molecular weight excluding hydrogens is 262 g/mol. The third kappa shape index (κ3) is 3.38. The summed E-state index contributed by atoms with van der Waals surface area (Å²) in [7, 11) is 0. The van der Waals surface area contributed by atoms with E-state index >= 15 is 0 Å². The zero-order valence-electron chi connectivity index (χ0n) is 11.1. The Hall–Kier alpha value is -2.30. The minimum Gasteiger partial charge on any atom is -0.491 e. The molecule has 0 amide bonds. The summed E-state index contributed by atoms with van der Waals surface area (Å²) in [5.74, 6) is -0.657. The van der Waals surface area contributed by atoms with Crippen molar-refractivity contribution in [1.82, 2.24) is 0 Å². The van der Waals surface area contributed by atoms with Crippen LogP contribution < -0.4 is 15.8 Å². The third-order valence-electron chi connectivity index (χ3n) is 2.78. The summed E-state index contributed by atoms with van der Waals surface area (Å²) in [6, 6.07) is 8.94. The number of nitrogens with one attached hydrogen (secondary N) is 1. The Labute approximate surface area is 116 Å². The van der Waals surface area contributed by atoms with E-state index in [1.807, 2.05) is 0 Å². The van der Waals surface area contributed by atoms with Crippen molar-refractivity contribution in [2.45, 2.75) is 13.5 Å². The number of anilines is 2. The van der Waals surface area contributed by atoms with Crippen molar-refractivity contribution in [1.29, 1.82) is 0 Å². The van der Waals surface area contributed by atoms with E-state index in [0.29, 0.717) is 18.8 Å². The van der Waals surface area contributed by atoms with Crippen LogP contribution >= 0.6 is 0 Å². The molecule has 2 aromatic rings. The summed E-state index contributed by atoms with van der Waals surface area (Å²) >= 11 is 0.